The van der Waals surface area contributed by atoms with Crippen LogP contribution in [0.25, 0.3) is 0 Å². The van der Waals surface area contributed by atoms with E-state index in [0.29, 0.717) is 37.8 Å². The first-order chi connectivity index (χ1) is 13.2. The Morgan fingerprint density at radius 3 is 2.61 bits per heavy atom. The van der Waals surface area contributed by atoms with Crippen LogP contribution < -0.4 is 0 Å². The summed E-state index contributed by atoms with van der Waals surface area (Å²) < 4.78 is 43.0. The minimum Gasteiger partial charge on any atom is -0.340 e. The van der Waals surface area contributed by atoms with E-state index in [-0.39, 0.29) is 11.9 Å². The maximum Gasteiger partial charge on any atom is 0.416 e. The van der Waals surface area contributed by atoms with Crippen LogP contribution in [-0.4, -0.2) is 51.5 Å². The van der Waals surface area contributed by atoms with Crippen LogP contribution in [0.2, 0.25) is 0 Å². The summed E-state index contributed by atoms with van der Waals surface area (Å²) >= 11 is 0. The number of halogens is 3. The Hall–Kier alpha value is -2.42. The second-order valence-corrected chi connectivity index (χ2v) is 7.06. The molecule has 2 aromatic rings. The zero-order valence-corrected chi connectivity index (χ0v) is 15.9. The summed E-state index contributed by atoms with van der Waals surface area (Å²) in [6, 6.07) is 5.31. The summed E-state index contributed by atoms with van der Waals surface area (Å²) in [7, 11) is 0. The molecule has 0 bridgehead atoms. The molecule has 0 aliphatic carbocycles. The van der Waals surface area contributed by atoms with E-state index in [1.165, 1.54) is 12.1 Å². The molecule has 9 heteroatoms. The van der Waals surface area contributed by atoms with Crippen molar-refractivity contribution in [1.29, 1.82) is 0 Å². The Balaban J connectivity index is 1.55. The van der Waals surface area contributed by atoms with E-state index in [4.69, 9.17) is 4.52 Å². The van der Waals surface area contributed by atoms with Gasteiger partial charge in [-0.2, -0.15) is 18.2 Å². The number of benzene rings is 1. The van der Waals surface area contributed by atoms with Gasteiger partial charge in [0.05, 0.1) is 5.56 Å². The second kappa shape index (κ2) is 8.30. The predicted octanol–water partition coefficient (Wildman–Crippen LogP) is 3.06. The van der Waals surface area contributed by atoms with E-state index in [1.54, 1.807) is 13.8 Å². The van der Waals surface area contributed by atoms with Gasteiger partial charge in [-0.3, -0.25) is 9.69 Å². The molecule has 1 atom stereocenters. The van der Waals surface area contributed by atoms with Crippen LogP contribution >= 0.6 is 0 Å². The normalized spacial score (nSPS) is 17.8. The highest BCUT2D eigenvalue weighted by Crippen LogP contribution is 2.29. The minimum absolute atomic E-state index is 0.0124. The van der Waals surface area contributed by atoms with Gasteiger partial charge < -0.3 is 9.42 Å². The highest BCUT2D eigenvalue weighted by atomic mass is 19.4. The first-order valence-electron chi connectivity index (χ1n) is 9.17. The van der Waals surface area contributed by atoms with Crippen LogP contribution in [0.3, 0.4) is 0 Å². The van der Waals surface area contributed by atoms with E-state index in [1.807, 2.05) is 4.90 Å². The maximum absolute atomic E-state index is 12.7. The van der Waals surface area contributed by atoms with E-state index >= 15 is 0 Å². The molecule has 1 fully saturated rings. The van der Waals surface area contributed by atoms with Crippen LogP contribution in [0.5, 0.6) is 0 Å². The molecule has 1 aliphatic rings. The van der Waals surface area contributed by atoms with Gasteiger partial charge >= 0.3 is 6.18 Å². The fourth-order valence-corrected chi connectivity index (χ4v) is 3.53. The number of amides is 1. The summed E-state index contributed by atoms with van der Waals surface area (Å²) in [4.78, 5) is 20.2. The van der Waals surface area contributed by atoms with Crippen molar-refractivity contribution in [2.75, 3.05) is 19.6 Å². The van der Waals surface area contributed by atoms with E-state index in [2.05, 4.69) is 15.0 Å². The number of likely N-dealkylation sites (tertiary alicyclic amines) is 1. The molecule has 1 aromatic carbocycles. The summed E-state index contributed by atoms with van der Waals surface area (Å²) in [5.74, 6) is 1.05. The monoisotopic (exact) mass is 396 g/mol. The lowest BCUT2D eigenvalue weighted by Crippen LogP contribution is -2.42. The topological polar surface area (TPSA) is 62.5 Å². The fourth-order valence-electron chi connectivity index (χ4n) is 3.53. The van der Waals surface area contributed by atoms with Crippen molar-refractivity contribution in [1.82, 2.24) is 19.9 Å². The van der Waals surface area contributed by atoms with Crippen molar-refractivity contribution >= 4 is 5.91 Å². The Morgan fingerprint density at radius 1 is 1.32 bits per heavy atom. The van der Waals surface area contributed by atoms with Crippen molar-refractivity contribution in [2.24, 2.45) is 0 Å². The van der Waals surface area contributed by atoms with Gasteiger partial charge in [-0.05, 0) is 24.1 Å². The summed E-state index contributed by atoms with van der Waals surface area (Å²) in [6.45, 7) is 5.80. The van der Waals surface area contributed by atoms with Gasteiger partial charge in [0.2, 0.25) is 11.8 Å². The second-order valence-electron chi connectivity index (χ2n) is 7.06. The molecule has 28 heavy (non-hydrogen) atoms. The summed E-state index contributed by atoms with van der Waals surface area (Å²) in [5.41, 5.74) is 0.181. The molecule has 3 rings (SSSR count). The number of hydrogen-bond donors (Lipinski definition) is 0. The van der Waals surface area contributed by atoms with Crippen molar-refractivity contribution in [3.05, 3.63) is 47.1 Å². The molecule has 1 unspecified atom stereocenters. The highest BCUT2D eigenvalue weighted by molar-refractivity contribution is 5.73. The molecule has 6 nitrogen and oxygen atoms in total. The number of carbonyl (C=O) groups is 1. The number of aryl methyl sites for hydroxylation is 1. The zero-order valence-electron chi connectivity index (χ0n) is 15.9. The smallest absolute Gasteiger partial charge is 0.340 e. The first kappa shape index (κ1) is 20.3. The molecule has 0 N–H and O–H groups in total. The lowest BCUT2D eigenvalue weighted by atomic mass is 10.1. The molecule has 1 saturated heterocycles. The van der Waals surface area contributed by atoms with Crippen LogP contribution in [-0.2, 0) is 23.9 Å². The molecule has 0 spiro atoms. The number of carbonyl (C=O) groups excluding carboxylic acids is 1. The van der Waals surface area contributed by atoms with E-state index in [0.717, 1.165) is 30.7 Å². The standard InChI is InChI=1S/C19H23F3N4O2/c1-13-23-18(24-28-13)8-10-26(14(2)27)17-7-9-25(12-17)11-15-3-5-16(6-4-15)19(20,21)22/h3-6,17H,7-12H2,1-2H3. The SMILES string of the molecule is CC(=O)N(CCc1noc(C)n1)C1CCN(Cc2ccc(C(F)(F)F)cc2)C1. The highest BCUT2D eigenvalue weighted by Gasteiger charge is 2.31. The van der Waals surface area contributed by atoms with Crippen LogP contribution in [0, 0.1) is 6.92 Å². The Labute approximate surface area is 161 Å². The van der Waals surface area contributed by atoms with Gasteiger partial charge in [-0.15, -0.1) is 0 Å². The Morgan fingerprint density at radius 2 is 2.04 bits per heavy atom. The van der Waals surface area contributed by atoms with Crippen molar-refractivity contribution in [3.63, 3.8) is 0 Å². The molecular formula is C19H23F3N4O2. The number of alkyl halides is 3. The van der Waals surface area contributed by atoms with Gasteiger partial charge in [0.25, 0.3) is 0 Å². The molecule has 0 saturated carbocycles. The third-order valence-corrected chi connectivity index (χ3v) is 4.93. The quantitative estimate of drug-likeness (QED) is 0.751. The third kappa shape index (κ3) is 5.09. The van der Waals surface area contributed by atoms with Crippen molar-refractivity contribution in [2.45, 2.75) is 45.5 Å². The average Bonchev–Trinajstić information content (AvgIpc) is 3.24. The number of aromatic nitrogens is 2. The average molecular weight is 396 g/mol. The van der Waals surface area contributed by atoms with Gasteiger partial charge in [0.15, 0.2) is 5.82 Å². The van der Waals surface area contributed by atoms with E-state index < -0.39 is 11.7 Å². The predicted molar refractivity (Wildman–Crippen MR) is 95.3 cm³/mol. The van der Waals surface area contributed by atoms with Crippen LogP contribution in [0.15, 0.2) is 28.8 Å². The van der Waals surface area contributed by atoms with Gasteiger partial charge in [0, 0.05) is 52.5 Å². The fraction of sp³-hybridized carbons (Fsp3) is 0.526. The molecule has 1 aromatic heterocycles. The summed E-state index contributed by atoms with van der Waals surface area (Å²) in [5, 5.41) is 3.85. The minimum atomic E-state index is -4.32. The van der Waals surface area contributed by atoms with Crippen molar-refractivity contribution in [3.8, 4) is 0 Å². The third-order valence-electron chi connectivity index (χ3n) is 4.93. The zero-order chi connectivity index (χ0) is 20.3. The maximum atomic E-state index is 12.7. The lowest BCUT2D eigenvalue weighted by Gasteiger charge is -2.28. The van der Waals surface area contributed by atoms with Crippen LogP contribution in [0.4, 0.5) is 13.2 Å². The van der Waals surface area contributed by atoms with E-state index in [9.17, 15) is 18.0 Å². The molecule has 1 aliphatic heterocycles. The molecule has 1 amide bonds. The Kier molecular flexibility index (Phi) is 6.02. The first-order valence-corrected chi connectivity index (χ1v) is 9.17. The molecule has 152 valence electrons. The van der Waals surface area contributed by atoms with Gasteiger partial charge in [-0.1, -0.05) is 17.3 Å². The molecule has 0 radical (unpaired) electrons. The lowest BCUT2D eigenvalue weighted by molar-refractivity contribution is -0.137. The van der Waals surface area contributed by atoms with Gasteiger partial charge in [-0.25, -0.2) is 0 Å². The van der Waals surface area contributed by atoms with Gasteiger partial charge in [0.1, 0.15) is 0 Å². The number of rotatable bonds is 6. The number of hydrogen-bond acceptors (Lipinski definition) is 5. The Bertz CT molecular complexity index is 804. The van der Waals surface area contributed by atoms with Crippen LogP contribution in [0.1, 0.15) is 36.2 Å². The largest absolute Gasteiger partial charge is 0.416 e. The summed E-state index contributed by atoms with van der Waals surface area (Å²) in [6.07, 6.45) is -2.98. The molecule has 2 heterocycles. The molecular weight excluding hydrogens is 373 g/mol. The number of nitrogens with zero attached hydrogens (tertiary/aromatic N) is 4. The van der Waals surface area contributed by atoms with Crippen molar-refractivity contribution < 1.29 is 22.5 Å².